The molecule has 0 N–H and O–H groups in total. The summed E-state index contributed by atoms with van der Waals surface area (Å²) in [6.45, 7) is 3.94. The van der Waals surface area contributed by atoms with Crippen molar-refractivity contribution < 1.29 is 4.79 Å². The summed E-state index contributed by atoms with van der Waals surface area (Å²) in [5, 5.41) is 2.30. The third-order valence-corrected chi connectivity index (χ3v) is 3.54. The predicted molar refractivity (Wildman–Crippen MR) is 90.4 cm³/mol. The van der Waals surface area contributed by atoms with Crippen molar-refractivity contribution in [3.05, 3.63) is 68.7 Å². The molecule has 2 aromatic rings. The van der Waals surface area contributed by atoms with Crippen molar-refractivity contribution >= 4 is 45.4 Å². The van der Waals surface area contributed by atoms with Crippen LogP contribution in [0, 0.1) is 13.8 Å². The van der Waals surface area contributed by atoms with Gasteiger partial charge >= 0.3 is 0 Å². The number of carbonyl (C=O) groups excluding carboxylic acids is 1. The molecule has 1 nitrogen and oxygen atoms in total. The number of benzene rings is 2. The lowest BCUT2D eigenvalue weighted by molar-refractivity contribution is 0.112. The van der Waals surface area contributed by atoms with Crippen LogP contribution in [0.25, 0.3) is 0 Å². The molecular formula is C16H15BrCl2O. The second-order valence-corrected chi connectivity index (χ2v) is 5.88. The molecule has 20 heavy (non-hydrogen) atoms. The van der Waals surface area contributed by atoms with Crippen LogP contribution in [-0.2, 0) is 5.33 Å². The summed E-state index contributed by atoms with van der Waals surface area (Å²) in [4.78, 5) is 10.3. The number of carbonyl (C=O) groups is 1. The van der Waals surface area contributed by atoms with E-state index >= 15 is 0 Å². The SMILES string of the molecule is Cc1cc(Cl)cc(C=O)c1.Cc1cc(Cl)cc(CBr)c1. The van der Waals surface area contributed by atoms with Crippen molar-refractivity contribution in [3.8, 4) is 0 Å². The minimum Gasteiger partial charge on any atom is -0.298 e. The molecule has 0 saturated carbocycles. The maximum Gasteiger partial charge on any atom is 0.150 e. The highest BCUT2D eigenvalue weighted by molar-refractivity contribution is 9.08. The zero-order chi connectivity index (χ0) is 15.1. The molecular weight excluding hydrogens is 359 g/mol. The van der Waals surface area contributed by atoms with Crippen LogP contribution in [0.4, 0.5) is 0 Å². The highest BCUT2D eigenvalue weighted by Crippen LogP contribution is 2.16. The van der Waals surface area contributed by atoms with Gasteiger partial charge in [-0.25, -0.2) is 0 Å². The van der Waals surface area contributed by atoms with Gasteiger partial charge in [-0.15, -0.1) is 0 Å². The van der Waals surface area contributed by atoms with Gasteiger partial charge in [0, 0.05) is 20.9 Å². The molecule has 0 fully saturated rings. The first-order valence-corrected chi connectivity index (χ1v) is 7.86. The minimum atomic E-state index is 0.613. The summed E-state index contributed by atoms with van der Waals surface area (Å²) in [5.74, 6) is 0. The molecule has 0 radical (unpaired) electrons. The van der Waals surface area contributed by atoms with Gasteiger partial charge in [0.2, 0.25) is 0 Å². The molecule has 0 saturated heterocycles. The molecule has 2 aromatic carbocycles. The van der Waals surface area contributed by atoms with Gasteiger partial charge in [-0.3, -0.25) is 4.79 Å². The Kier molecular flexibility index (Phi) is 7.28. The van der Waals surface area contributed by atoms with Crippen LogP contribution in [-0.4, -0.2) is 6.29 Å². The predicted octanol–water partition coefficient (Wildman–Crippen LogP) is 6.00. The third kappa shape index (κ3) is 6.08. The number of halogens is 3. The first kappa shape index (κ1) is 17.2. The number of alkyl halides is 1. The molecule has 0 bridgehead atoms. The fraction of sp³-hybridized carbons (Fsp3) is 0.188. The molecule has 0 amide bonds. The summed E-state index contributed by atoms with van der Waals surface area (Å²) in [6.07, 6.45) is 0.791. The Labute approximate surface area is 138 Å². The van der Waals surface area contributed by atoms with Crippen LogP contribution in [0.3, 0.4) is 0 Å². The molecule has 0 aliphatic carbocycles. The van der Waals surface area contributed by atoms with Gasteiger partial charge in [0.05, 0.1) is 0 Å². The van der Waals surface area contributed by atoms with E-state index in [2.05, 4.69) is 22.0 Å². The molecule has 0 aliphatic heterocycles. The van der Waals surface area contributed by atoms with E-state index in [1.807, 2.05) is 32.0 Å². The molecule has 2 rings (SSSR count). The molecule has 0 aromatic heterocycles. The largest absolute Gasteiger partial charge is 0.298 e. The third-order valence-electron chi connectivity index (χ3n) is 2.46. The lowest BCUT2D eigenvalue weighted by Crippen LogP contribution is -1.80. The molecule has 106 valence electrons. The Bertz CT molecular complexity index is 557. The summed E-state index contributed by atoms with van der Waals surface area (Å²) in [7, 11) is 0. The van der Waals surface area contributed by atoms with Crippen LogP contribution < -0.4 is 0 Å². The monoisotopic (exact) mass is 372 g/mol. The van der Waals surface area contributed by atoms with Crippen molar-refractivity contribution in [3.63, 3.8) is 0 Å². The van der Waals surface area contributed by atoms with E-state index in [1.165, 1.54) is 11.1 Å². The van der Waals surface area contributed by atoms with E-state index < -0.39 is 0 Å². The van der Waals surface area contributed by atoms with Crippen molar-refractivity contribution in [2.24, 2.45) is 0 Å². The van der Waals surface area contributed by atoms with Crippen molar-refractivity contribution in [1.29, 1.82) is 0 Å². The Morgan fingerprint density at radius 2 is 1.50 bits per heavy atom. The molecule has 4 heteroatoms. The first-order chi connectivity index (χ1) is 9.44. The molecule has 0 atom stereocenters. The minimum absolute atomic E-state index is 0.613. The lowest BCUT2D eigenvalue weighted by atomic mass is 10.2. The van der Waals surface area contributed by atoms with E-state index in [1.54, 1.807) is 12.1 Å². The second-order valence-electron chi connectivity index (χ2n) is 4.45. The second kappa shape index (κ2) is 8.46. The number of aryl methyl sites for hydroxylation is 2. The molecule has 0 aliphatic rings. The van der Waals surface area contributed by atoms with Crippen LogP contribution in [0.1, 0.15) is 27.0 Å². The number of aldehydes is 1. The average molecular weight is 374 g/mol. The van der Waals surface area contributed by atoms with Crippen molar-refractivity contribution in [1.82, 2.24) is 0 Å². The van der Waals surface area contributed by atoms with Gasteiger partial charge in [0.1, 0.15) is 6.29 Å². The highest BCUT2D eigenvalue weighted by atomic mass is 79.9. The fourth-order valence-electron chi connectivity index (χ4n) is 1.72. The zero-order valence-corrected chi connectivity index (χ0v) is 14.4. The normalized spacial score (nSPS) is 9.65. The van der Waals surface area contributed by atoms with Crippen LogP contribution in [0.5, 0.6) is 0 Å². The average Bonchev–Trinajstić information content (AvgIpc) is 2.37. The first-order valence-electron chi connectivity index (χ1n) is 5.99. The number of rotatable bonds is 2. The molecule has 0 spiro atoms. The maximum absolute atomic E-state index is 10.3. The molecule has 0 unspecified atom stereocenters. The van der Waals surface area contributed by atoms with Crippen molar-refractivity contribution in [2.45, 2.75) is 19.2 Å². The van der Waals surface area contributed by atoms with Crippen LogP contribution in [0.2, 0.25) is 10.0 Å². The highest BCUT2D eigenvalue weighted by Gasteiger charge is 1.94. The Morgan fingerprint density at radius 3 is 1.95 bits per heavy atom. The van der Waals surface area contributed by atoms with Crippen LogP contribution in [0.15, 0.2) is 36.4 Å². The van der Waals surface area contributed by atoms with Gasteiger partial charge < -0.3 is 0 Å². The maximum atomic E-state index is 10.3. The Balaban J connectivity index is 0.000000200. The van der Waals surface area contributed by atoms with Crippen LogP contribution >= 0.6 is 39.1 Å². The quantitative estimate of drug-likeness (QED) is 0.465. The summed E-state index contributed by atoms with van der Waals surface area (Å²) < 4.78 is 0. The number of hydrogen-bond acceptors (Lipinski definition) is 1. The lowest BCUT2D eigenvalue weighted by Gasteiger charge is -1.98. The van der Waals surface area contributed by atoms with E-state index in [-0.39, 0.29) is 0 Å². The van der Waals surface area contributed by atoms with E-state index in [0.717, 1.165) is 22.2 Å². The standard InChI is InChI=1S/C8H8BrCl.C8H7ClO/c1-6-2-7(5-9)4-8(10)3-6;1-6-2-7(5-10)4-8(9)3-6/h2-4H,5H2,1H3;2-5H,1H3. The van der Waals surface area contributed by atoms with E-state index in [4.69, 9.17) is 23.2 Å². The fourth-order valence-corrected chi connectivity index (χ4v) is 2.66. The van der Waals surface area contributed by atoms with Crippen molar-refractivity contribution in [2.75, 3.05) is 0 Å². The van der Waals surface area contributed by atoms with E-state index in [0.29, 0.717) is 10.6 Å². The van der Waals surface area contributed by atoms with Gasteiger partial charge in [0.15, 0.2) is 0 Å². The topological polar surface area (TPSA) is 17.1 Å². The Hall–Kier alpha value is -0.830. The van der Waals surface area contributed by atoms with E-state index in [9.17, 15) is 4.79 Å². The summed E-state index contributed by atoms with van der Waals surface area (Å²) in [6, 6.07) is 11.3. The number of hydrogen-bond donors (Lipinski definition) is 0. The van der Waals surface area contributed by atoms with Gasteiger partial charge in [-0.05, 0) is 60.9 Å². The summed E-state index contributed by atoms with van der Waals surface area (Å²) in [5.41, 5.74) is 4.08. The van der Waals surface area contributed by atoms with Gasteiger partial charge in [0.25, 0.3) is 0 Å². The van der Waals surface area contributed by atoms with Gasteiger partial charge in [-0.1, -0.05) is 45.2 Å². The Morgan fingerprint density at radius 1 is 0.950 bits per heavy atom. The molecule has 0 heterocycles. The smallest absolute Gasteiger partial charge is 0.150 e. The zero-order valence-electron chi connectivity index (χ0n) is 11.3. The van der Waals surface area contributed by atoms with Gasteiger partial charge in [-0.2, -0.15) is 0 Å². The summed E-state index contributed by atoms with van der Waals surface area (Å²) >= 11 is 14.8.